The molecule has 0 N–H and O–H groups in total. The van der Waals surface area contributed by atoms with Crippen molar-refractivity contribution in [1.29, 1.82) is 0 Å². The highest BCUT2D eigenvalue weighted by atomic mass is 35.5. The average Bonchev–Trinajstić information content (AvgIpc) is 2.94. The van der Waals surface area contributed by atoms with Crippen molar-refractivity contribution in [3.8, 4) is 0 Å². The first-order chi connectivity index (χ1) is 12.4. The summed E-state index contributed by atoms with van der Waals surface area (Å²) in [4.78, 5) is 16.6. The Morgan fingerprint density at radius 1 is 1.35 bits per heavy atom. The third-order valence-electron chi connectivity index (χ3n) is 4.39. The molecular formula is C18H24Cl2N4O2. The van der Waals surface area contributed by atoms with Gasteiger partial charge in [0.1, 0.15) is 12.3 Å². The van der Waals surface area contributed by atoms with Crippen LogP contribution in [0.4, 0.5) is 0 Å². The normalized spacial score (nSPS) is 16.0. The number of hydrogen-bond donors (Lipinski definition) is 0. The van der Waals surface area contributed by atoms with E-state index in [1.807, 2.05) is 30.9 Å². The van der Waals surface area contributed by atoms with Crippen LogP contribution < -0.4 is 0 Å². The molecule has 1 saturated heterocycles. The molecule has 8 heteroatoms. The van der Waals surface area contributed by atoms with Crippen LogP contribution >= 0.6 is 23.2 Å². The van der Waals surface area contributed by atoms with Crippen molar-refractivity contribution in [2.45, 2.75) is 20.4 Å². The highest BCUT2D eigenvalue weighted by molar-refractivity contribution is 6.31. The van der Waals surface area contributed by atoms with Crippen molar-refractivity contribution < 1.29 is 9.53 Å². The molecule has 1 amide bonds. The lowest BCUT2D eigenvalue weighted by Gasteiger charge is -2.36. The number of nitrogens with zero attached hydrogens (tertiary/aromatic N) is 4. The Labute approximate surface area is 164 Å². The molecule has 6 nitrogen and oxygen atoms in total. The fraction of sp³-hybridized carbons (Fsp3) is 0.444. The molecule has 2 rings (SSSR count). The largest absolute Gasteiger partial charge is 0.495 e. The number of rotatable bonds is 6. The zero-order valence-corrected chi connectivity index (χ0v) is 16.8. The zero-order valence-electron chi connectivity index (χ0n) is 15.3. The van der Waals surface area contributed by atoms with E-state index in [9.17, 15) is 4.79 Å². The van der Waals surface area contributed by atoms with Gasteiger partial charge in [-0.25, -0.2) is 0 Å². The predicted molar refractivity (Wildman–Crippen MR) is 104 cm³/mol. The predicted octanol–water partition coefficient (Wildman–Crippen LogP) is 3.18. The van der Waals surface area contributed by atoms with E-state index in [4.69, 9.17) is 27.9 Å². The van der Waals surface area contributed by atoms with Gasteiger partial charge < -0.3 is 14.5 Å². The van der Waals surface area contributed by atoms with Crippen molar-refractivity contribution >= 4 is 29.1 Å². The molecule has 0 bridgehead atoms. The van der Waals surface area contributed by atoms with Crippen LogP contribution in [0, 0.1) is 6.92 Å². The number of methoxy groups -OCH3 is 1. The number of halogens is 2. The Morgan fingerprint density at radius 3 is 2.42 bits per heavy atom. The van der Waals surface area contributed by atoms with E-state index in [1.54, 1.807) is 18.0 Å². The van der Waals surface area contributed by atoms with Crippen LogP contribution in [0.3, 0.4) is 0 Å². The highest BCUT2D eigenvalue weighted by Gasteiger charge is 2.23. The summed E-state index contributed by atoms with van der Waals surface area (Å²) in [6, 6.07) is 0. The Kier molecular flexibility index (Phi) is 7.17. The number of ether oxygens (including phenoxy) is 1. The maximum absolute atomic E-state index is 12.5. The van der Waals surface area contributed by atoms with Crippen LogP contribution in [-0.2, 0) is 16.1 Å². The molecule has 1 aromatic heterocycles. The Bertz CT molecular complexity index is 732. The molecule has 1 fully saturated rings. The molecule has 0 spiro atoms. The second-order valence-electron chi connectivity index (χ2n) is 5.93. The summed E-state index contributed by atoms with van der Waals surface area (Å²) in [6.45, 7) is 10.4. The minimum Gasteiger partial charge on any atom is -0.495 e. The molecule has 0 saturated carbocycles. The Morgan fingerprint density at radius 2 is 1.96 bits per heavy atom. The number of allylic oxidation sites excluding steroid dienone is 3. The van der Waals surface area contributed by atoms with E-state index < -0.39 is 0 Å². The van der Waals surface area contributed by atoms with Crippen LogP contribution in [0.2, 0.25) is 5.02 Å². The van der Waals surface area contributed by atoms with Gasteiger partial charge in [0.05, 0.1) is 29.1 Å². The van der Waals surface area contributed by atoms with Gasteiger partial charge in [-0.15, -0.1) is 0 Å². The van der Waals surface area contributed by atoms with Crippen LogP contribution in [0.15, 0.2) is 41.4 Å². The number of carbonyl (C=O) groups is 1. The maximum Gasteiger partial charge on any atom is 0.244 e. The molecule has 1 aromatic rings. The molecule has 0 atom stereocenters. The first kappa shape index (κ1) is 20.4. The van der Waals surface area contributed by atoms with Gasteiger partial charge in [-0.05, 0) is 13.8 Å². The van der Waals surface area contributed by atoms with Gasteiger partial charge in [-0.1, -0.05) is 35.9 Å². The lowest BCUT2D eigenvalue weighted by Crippen LogP contribution is -2.49. The summed E-state index contributed by atoms with van der Waals surface area (Å²) in [5.41, 5.74) is 1.79. The van der Waals surface area contributed by atoms with Crippen molar-refractivity contribution in [3.63, 3.8) is 0 Å². The summed E-state index contributed by atoms with van der Waals surface area (Å²) in [6.07, 6.45) is 5.41. The van der Waals surface area contributed by atoms with Crippen molar-refractivity contribution in [2.75, 3.05) is 33.3 Å². The Hall–Kier alpha value is -1.92. The van der Waals surface area contributed by atoms with Crippen LogP contribution in [0.1, 0.15) is 12.6 Å². The highest BCUT2D eigenvalue weighted by Crippen LogP contribution is 2.19. The van der Waals surface area contributed by atoms with Gasteiger partial charge >= 0.3 is 0 Å². The number of piperazine rings is 1. The summed E-state index contributed by atoms with van der Waals surface area (Å²) < 4.78 is 6.88. The molecular weight excluding hydrogens is 375 g/mol. The number of amides is 1. The molecule has 142 valence electrons. The van der Waals surface area contributed by atoms with Crippen LogP contribution in [0.25, 0.3) is 0 Å². The quantitative estimate of drug-likeness (QED) is 0.545. The van der Waals surface area contributed by atoms with E-state index in [-0.39, 0.29) is 12.5 Å². The molecule has 0 aromatic carbocycles. The monoisotopic (exact) mass is 398 g/mol. The van der Waals surface area contributed by atoms with Crippen molar-refractivity contribution in [1.82, 2.24) is 19.6 Å². The number of aromatic nitrogens is 2. The first-order valence-electron chi connectivity index (χ1n) is 8.34. The summed E-state index contributed by atoms with van der Waals surface area (Å²) in [5.74, 6) is 0.570. The van der Waals surface area contributed by atoms with Crippen molar-refractivity contribution in [3.05, 3.63) is 52.1 Å². The second-order valence-corrected chi connectivity index (χ2v) is 6.80. The van der Waals surface area contributed by atoms with E-state index in [0.717, 1.165) is 24.5 Å². The fourth-order valence-corrected chi connectivity index (χ4v) is 3.04. The summed E-state index contributed by atoms with van der Waals surface area (Å²) in [5, 5.41) is 5.07. The van der Waals surface area contributed by atoms with E-state index in [0.29, 0.717) is 28.9 Å². The SMILES string of the molecule is C=C(Cl)/C(=C\C(=CC)N1CCN(C(=O)Cn2ncc(Cl)c2C)CC1)OC. The Balaban J connectivity index is 1.96. The summed E-state index contributed by atoms with van der Waals surface area (Å²) >= 11 is 11.9. The topological polar surface area (TPSA) is 50.6 Å². The zero-order chi connectivity index (χ0) is 19.3. The molecule has 1 aliphatic heterocycles. The number of hydrogen-bond acceptors (Lipinski definition) is 4. The van der Waals surface area contributed by atoms with E-state index in [2.05, 4.69) is 16.6 Å². The smallest absolute Gasteiger partial charge is 0.244 e. The van der Waals surface area contributed by atoms with E-state index >= 15 is 0 Å². The second kappa shape index (κ2) is 9.14. The standard InChI is InChI=1S/C18H24Cl2N4O2/c1-5-15(10-17(26-4)13(2)19)22-6-8-23(9-7-22)18(25)12-24-14(3)16(20)11-21-24/h5,10-11H,2,6-9,12H2,1,3-4H3/b15-5?,17-10+. The molecule has 26 heavy (non-hydrogen) atoms. The van der Waals surface area contributed by atoms with Gasteiger partial charge in [-0.2, -0.15) is 5.10 Å². The van der Waals surface area contributed by atoms with Crippen LogP contribution in [-0.4, -0.2) is 58.8 Å². The van der Waals surface area contributed by atoms with E-state index in [1.165, 1.54) is 0 Å². The van der Waals surface area contributed by atoms with Gasteiger partial charge in [0.2, 0.25) is 5.91 Å². The summed E-state index contributed by atoms with van der Waals surface area (Å²) in [7, 11) is 1.56. The third-order valence-corrected chi connectivity index (χ3v) is 4.95. The fourth-order valence-electron chi connectivity index (χ4n) is 2.76. The minimum absolute atomic E-state index is 0.0387. The molecule has 0 radical (unpaired) electrons. The first-order valence-corrected chi connectivity index (χ1v) is 9.10. The molecule has 0 unspecified atom stereocenters. The molecule has 2 heterocycles. The van der Waals surface area contributed by atoms with Crippen molar-refractivity contribution in [2.24, 2.45) is 0 Å². The number of carbonyl (C=O) groups excluding carboxylic acids is 1. The van der Waals surface area contributed by atoms with Gasteiger partial charge in [0.25, 0.3) is 0 Å². The van der Waals surface area contributed by atoms with Gasteiger partial charge in [0, 0.05) is 38.0 Å². The molecule has 0 aliphatic carbocycles. The third kappa shape index (κ3) is 4.83. The molecule has 1 aliphatic rings. The minimum atomic E-state index is 0.0387. The average molecular weight is 399 g/mol. The van der Waals surface area contributed by atoms with Gasteiger partial charge in [-0.3, -0.25) is 9.48 Å². The lowest BCUT2D eigenvalue weighted by atomic mass is 10.2. The maximum atomic E-state index is 12.5. The lowest BCUT2D eigenvalue weighted by molar-refractivity contribution is -0.133. The van der Waals surface area contributed by atoms with Crippen LogP contribution in [0.5, 0.6) is 0 Å². The van der Waals surface area contributed by atoms with Gasteiger partial charge in [0.15, 0.2) is 0 Å².